The van der Waals surface area contributed by atoms with E-state index in [0.717, 1.165) is 6.20 Å². The van der Waals surface area contributed by atoms with Crippen LogP contribution in [0.1, 0.15) is 16.2 Å². The Bertz CT molecular complexity index is 867. The molecule has 23 heavy (non-hydrogen) atoms. The summed E-state index contributed by atoms with van der Waals surface area (Å²) >= 11 is 0. The molecule has 0 saturated carbocycles. The number of hydrogen-bond donors (Lipinski definition) is 1. The number of anilines is 1. The van der Waals surface area contributed by atoms with Crippen molar-refractivity contribution in [1.82, 2.24) is 29.4 Å². The molecular formula is C12H10F3N7O. The van der Waals surface area contributed by atoms with Crippen LogP contribution in [0.4, 0.5) is 19.0 Å². The van der Waals surface area contributed by atoms with E-state index >= 15 is 0 Å². The van der Waals surface area contributed by atoms with Crippen molar-refractivity contribution >= 4 is 17.5 Å². The van der Waals surface area contributed by atoms with Crippen LogP contribution in [0.5, 0.6) is 0 Å². The molecule has 0 aromatic carbocycles. The average molecular weight is 325 g/mol. The second-order valence-corrected chi connectivity index (χ2v) is 4.72. The third-order valence-electron chi connectivity index (χ3n) is 2.84. The molecule has 0 radical (unpaired) electrons. The number of carbonyl (C=O) groups excluding carboxylic acids is 1. The van der Waals surface area contributed by atoms with Crippen molar-refractivity contribution in [1.29, 1.82) is 0 Å². The fraction of sp³-hybridized carbons (Fsp3) is 0.250. The molecule has 8 nitrogen and oxygen atoms in total. The Kier molecular flexibility index (Phi) is 3.47. The van der Waals surface area contributed by atoms with E-state index in [2.05, 4.69) is 25.5 Å². The highest BCUT2D eigenvalue weighted by Gasteiger charge is 2.28. The van der Waals surface area contributed by atoms with Crippen molar-refractivity contribution in [2.45, 2.75) is 19.6 Å². The average Bonchev–Trinajstić information content (AvgIpc) is 3.05. The Hall–Kier alpha value is -2.98. The molecule has 0 saturated heterocycles. The molecule has 0 unspecified atom stereocenters. The molecule has 3 aromatic rings. The van der Waals surface area contributed by atoms with Crippen LogP contribution in [-0.2, 0) is 6.54 Å². The van der Waals surface area contributed by atoms with Crippen LogP contribution in [-0.4, -0.2) is 41.4 Å². The Morgan fingerprint density at radius 1 is 1.39 bits per heavy atom. The van der Waals surface area contributed by atoms with Gasteiger partial charge in [-0.15, -0.1) is 0 Å². The minimum atomic E-state index is -4.41. The fourth-order valence-corrected chi connectivity index (χ4v) is 1.95. The summed E-state index contributed by atoms with van der Waals surface area (Å²) in [4.78, 5) is 20.1. The number of amides is 1. The van der Waals surface area contributed by atoms with Crippen molar-refractivity contribution < 1.29 is 18.0 Å². The van der Waals surface area contributed by atoms with E-state index in [4.69, 9.17) is 0 Å². The van der Waals surface area contributed by atoms with E-state index < -0.39 is 18.6 Å². The van der Waals surface area contributed by atoms with Crippen molar-refractivity contribution in [3.63, 3.8) is 0 Å². The second-order valence-electron chi connectivity index (χ2n) is 4.72. The molecule has 3 rings (SSSR count). The summed E-state index contributed by atoms with van der Waals surface area (Å²) in [6.07, 6.45) is -2.05. The van der Waals surface area contributed by atoms with Crippen LogP contribution >= 0.6 is 0 Å². The molecule has 3 heterocycles. The third kappa shape index (κ3) is 3.27. The quantitative estimate of drug-likeness (QED) is 0.787. The monoisotopic (exact) mass is 325 g/mol. The minimum Gasteiger partial charge on any atom is -0.305 e. The zero-order valence-corrected chi connectivity index (χ0v) is 11.7. The van der Waals surface area contributed by atoms with Crippen molar-refractivity contribution in [2.24, 2.45) is 0 Å². The minimum absolute atomic E-state index is 0.142. The molecule has 120 valence electrons. The van der Waals surface area contributed by atoms with E-state index in [9.17, 15) is 18.0 Å². The summed E-state index contributed by atoms with van der Waals surface area (Å²) < 4.78 is 38.8. The van der Waals surface area contributed by atoms with Gasteiger partial charge in [-0.3, -0.25) is 9.48 Å². The lowest BCUT2D eigenvalue weighted by Gasteiger charge is -2.07. The van der Waals surface area contributed by atoms with E-state index in [-0.39, 0.29) is 5.69 Å². The largest absolute Gasteiger partial charge is 0.408 e. The summed E-state index contributed by atoms with van der Waals surface area (Å²) in [7, 11) is 0. The molecule has 0 spiro atoms. The van der Waals surface area contributed by atoms with Crippen molar-refractivity contribution in [3.8, 4) is 0 Å². The number of fused-ring (bicyclic) bond motifs is 1. The molecule has 3 aromatic heterocycles. The summed E-state index contributed by atoms with van der Waals surface area (Å²) in [6.45, 7) is 0.449. The van der Waals surface area contributed by atoms with Crippen LogP contribution < -0.4 is 5.32 Å². The lowest BCUT2D eigenvalue weighted by atomic mass is 10.4. The van der Waals surface area contributed by atoms with Crippen molar-refractivity contribution in [3.05, 3.63) is 36.0 Å². The maximum atomic E-state index is 12.3. The van der Waals surface area contributed by atoms with Gasteiger partial charge >= 0.3 is 6.18 Å². The Labute approximate surface area is 127 Å². The van der Waals surface area contributed by atoms with Crippen LogP contribution in [0.3, 0.4) is 0 Å². The smallest absolute Gasteiger partial charge is 0.305 e. The van der Waals surface area contributed by atoms with Gasteiger partial charge in [-0.2, -0.15) is 32.9 Å². The van der Waals surface area contributed by atoms with Crippen LogP contribution in [0.15, 0.2) is 24.7 Å². The normalized spacial score (nSPS) is 11.8. The summed E-state index contributed by atoms with van der Waals surface area (Å²) in [6, 6.07) is 2.76. The molecule has 0 aliphatic carbocycles. The number of nitrogens with one attached hydrogen (secondary N) is 1. The third-order valence-corrected chi connectivity index (χ3v) is 2.84. The molecule has 0 aliphatic rings. The van der Waals surface area contributed by atoms with Gasteiger partial charge in [0.25, 0.3) is 11.7 Å². The summed E-state index contributed by atoms with van der Waals surface area (Å²) in [5.74, 6) is -0.0726. The van der Waals surface area contributed by atoms with Gasteiger partial charge in [0.05, 0.1) is 0 Å². The first-order valence-electron chi connectivity index (χ1n) is 6.41. The maximum absolute atomic E-state index is 12.3. The molecule has 0 fully saturated rings. The van der Waals surface area contributed by atoms with Gasteiger partial charge in [0.2, 0.25) is 0 Å². The van der Waals surface area contributed by atoms with Crippen LogP contribution in [0.2, 0.25) is 0 Å². The van der Waals surface area contributed by atoms with E-state index in [1.165, 1.54) is 16.9 Å². The number of aryl methyl sites for hydroxylation is 1. The molecule has 1 amide bonds. The maximum Gasteiger partial charge on any atom is 0.408 e. The SMILES string of the molecule is Cc1cc(NC(=O)c2ccn(CC(F)(F)F)n2)n2ncnc2n1. The first kappa shape index (κ1) is 14.9. The molecule has 0 atom stereocenters. The Balaban J connectivity index is 1.82. The molecule has 1 N–H and O–H groups in total. The number of halogens is 3. The number of rotatable bonds is 3. The molecule has 11 heteroatoms. The lowest BCUT2D eigenvalue weighted by molar-refractivity contribution is -0.142. The Morgan fingerprint density at radius 3 is 2.91 bits per heavy atom. The lowest BCUT2D eigenvalue weighted by Crippen LogP contribution is -2.20. The van der Waals surface area contributed by atoms with Crippen LogP contribution in [0.25, 0.3) is 5.78 Å². The van der Waals surface area contributed by atoms with Gasteiger partial charge in [-0.1, -0.05) is 0 Å². The first-order valence-corrected chi connectivity index (χ1v) is 6.41. The predicted molar refractivity (Wildman–Crippen MR) is 71.8 cm³/mol. The number of nitrogens with zero attached hydrogens (tertiary/aromatic N) is 6. The van der Waals surface area contributed by atoms with E-state index in [1.807, 2.05) is 0 Å². The van der Waals surface area contributed by atoms with Gasteiger partial charge in [-0.25, -0.2) is 4.98 Å². The molecular weight excluding hydrogens is 315 g/mol. The molecule has 0 aliphatic heterocycles. The Morgan fingerprint density at radius 2 is 2.17 bits per heavy atom. The number of carbonyl (C=O) groups is 1. The van der Waals surface area contributed by atoms with Gasteiger partial charge < -0.3 is 5.32 Å². The van der Waals surface area contributed by atoms with E-state index in [0.29, 0.717) is 22.0 Å². The fourth-order valence-electron chi connectivity index (χ4n) is 1.95. The first-order chi connectivity index (χ1) is 10.8. The highest BCUT2D eigenvalue weighted by atomic mass is 19.4. The topological polar surface area (TPSA) is 90.0 Å². The van der Waals surface area contributed by atoms with Gasteiger partial charge in [-0.05, 0) is 13.0 Å². The van der Waals surface area contributed by atoms with Gasteiger partial charge in [0, 0.05) is 18.0 Å². The van der Waals surface area contributed by atoms with Gasteiger partial charge in [0.15, 0.2) is 5.69 Å². The van der Waals surface area contributed by atoms with E-state index in [1.54, 1.807) is 13.0 Å². The standard InChI is InChI=1S/C12H10F3N7O/c1-7-4-9(22-11(18-7)16-6-17-22)19-10(23)8-2-3-21(20-8)5-12(13,14)15/h2-4,6H,5H2,1H3,(H,19,23). The zero-order chi connectivity index (χ0) is 16.6. The summed E-state index contributed by atoms with van der Waals surface area (Å²) in [5, 5.41) is 10.0. The highest BCUT2D eigenvalue weighted by molar-refractivity contribution is 6.02. The number of aromatic nitrogens is 6. The van der Waals surface area contributed by atoms with Gasteiger partial charge in [0.1, 0.15) is 18.7 Å². The predicted octanol–water partition coefficient (Wildman–Crippen LogP) is 1.44. The number of hydrogen-bond acceptors (Lipinski definition) is 5. The van der Waals surface area contributed by atoms with Crippen molar-refractivity contribution in [2.75, 3.05) is 5.32 Å². The highest BCUT2D eigenvalue weighted by Crippen LogP contribution is 2.17. The zero-order valence-electron chi connectivity index (χ0n) is 11.7. The summed E-state index contributed by atoms with van der Waals surface area (Å²) in [5.41, 5.74) is 0.459. The number of alkyl halides is 3. The molecule has 0 bridgehead atoms. The van der Waals surface area contributed by atoms with Crippen LogP contribution in [0, 0.1) is 6.92 Å². The second kappa shape index (κ2) is 5.34.